The van der Waals surface area contributed by atoms with E-state index in [9.17, 15) is 0 Å². The second-order valence-electron chi connectivity index (χ2n) is 3.58. The number of nitriles is 1. The molecule has 16 heavy (non-hydrogen) atoms. The molecule has 0 aliphatic carbocycles. The molecule has 0 aliphatic rings. The van der Waals surface area contributed by atoms with Gasteiger partial charge in [-0.25, -0.2) is 0 Å². The minimum Gasteiger partial charge on any atom is -0.263 e. The molecule has 0 atom stereocenters. The number of aryl methyl sites for hydroxylation is 1. The summed E-state index contributed by atoms with van der Waals surface area (Å²) in [4.78, 5) is 3.95. The first-order valence-corrected chi connectivity index (χ1v) is 5.28. The Morgan fingerprint density at radius 2 is 1.94 bits per heavy atom. The van der Waals surface area contributed by atoms with Crippen LogP contribution in [-0.4, -0.2) is 4.98 Å². The van der Waals surface area contributed by atoms with Gasteiger partial charge < -0.3 is 0 Å². The van der Waals surface area contributed by atoms with Crippen LogP contribution in [0.15, 0.2) is 42.7 Å². The lowest BCUT2D eigenvalue weighted by atomic mass is 10.0. The Morgan fingerprint density at radius 3 is 2.56 bits per heavy atom. The SMILES string of the molecule is CCc1ccc(-c2ccncc2C#N)cc1. The van der Waals surface area contributed by atoms with Gasteiger partial charge in [0.15, 0.2) is 0 Å². The van der Waals surface area contributed by atoms with E-state index in [4.69, 9.17) is 5.26 Å². The fourth-order valence-electron chi connectivity index (χ4n) is 1.66. The van der Waals surface area contributed by atoms with Crippen molar-refractivity contribution in [2.24, 2.45) is 0 Å². The Labute approximate surface area is 95.2 Å². The highest BCUT2D eigenvalue weighted by Crippen LogP contribution is 2.22. The summed E-state index contributed by atoms with van der Waals surface area (Å²) < 4.78 is 0. The summed E-state index contributed by atoms with van der Waals surface area (Å²) >= 11 is 0. The highest BCUT2D eigenvalue weighted by atomic mass is 14.6. The maximum atomic E-state index is 8.99. The van der Waals surface area contributed by atoms with Crippen LogP contribution in [0.5, 0.6) is 0 Å². The van der Waals surface area contributed by atoms with E-state index in [0.717, 1.165) is 17.5 Å². The summed E-state index contributed by atoms with van der Waals surface area (Å²) in [5.41, 5.74) is 3.93. The first-order chi connectivity index (χ1) is 7.85. The second kappa shape index (κ2) is 4.59. The molecule has 0 saturated carbocycles. The average Bonchev–Trinajstić information content (AvgIpc) is 2.39. The lowest BCUT2D eigenvalue weighted by molar-refractivity contribution is 1.14. The molecule has 2 nitrogen and oxygen atoms in total. The molecule has 2 rings (SSSR count). The van der Waals surface area contributed by atoms with Crippen LogP contribution in [0.2, 0.25) is 0 Å². The molecule has 0 spiro atoms. The summed E-state index contributed by atoms with van der Waals surface area (Å²) in [5.74, 6) is 0. The zero-order valence-electron chi connectivity index (χ0n) is 9.14. The molecule has 1 aromatic heterocycles. The molecule has 0 amide bonds. The Morgan fingerprint density at radius 1 is 1.19 bits per heavy atom. The molecule has 0 fully saturated rings. The average molecular weight is 208 g/mol. The standard InChI is InChI=1S/C14H12N2/c1-2-11-3-5-12(6-4-11)14-7-8-16-10-13(14)9-15/h3-8,10H,2H2,1H3. The Kier molecular flexibility index (Phi) is 2.98. The van der Waals surface area contributed by atoms with Crippen molar-refractivity contribution in [3.05, 3.63) is 53.9 Å². The minimum atomic E-state index is 0.617. The normalized spacial score (nSPS) is 9.75. The third-order valence-electron chi connectivity index (χ3n) is 2.61. The lowest BCUT2D eigenvalue weighted by Crippen LogP contribution is -1.86. The van der Waals surface area contributed by atoms with Gasteiger partial charge in [0.05, 0.1) is 5.56 Å². The number of hydrogen-bond donors (Lipinski definition) is 0. The molecular weight excluding hydrogens is 196 g/mol. The second-order valence-corrected chi connectivity index (χ2v) is 3.58. The molecule has 78 valence electrons. The molecule has 0 aliphatic heterocycles. The number of rotatable bonds is 2. The van der Waals surface area contributed by atoms with Crippen LogP contribution in [-0.2, 0) is 6.42 Å². The van der Waals surface area contributed by atoms with E-state index in [-0.39, 0.29) is 0 Å². The summed E-state index contributed by atoms with van der Waals surface area (Å²) in [5, 5.41) is 8.99. The van der Waals surface area contributed by atoms with Crippen molar-refractivity contribution in [1.82, 2.24) is 4.98 Å². The number of benzene rings is 1. The highest BCUT2D eigenvalue weighted by molar-refractivity contribution is 5.69. The van der Waals surface area contributed by atoms with Gasteiger partial charge in [0, 0.05) is 18.0 Å². The van der Waals surface area contributed by atoms with E-state index in [1.165, 1.54) is 5.56 Å². The van der Waals surface area contributed by atoms with Crippen LogP contribution in [0.25, 0.3) is 11.1 Å². The minimum absolute atomic E-state index is 0.617. The molecule has 0 saturated heterocycles. The summed E-state index contributed by atoms with van der Waals surface area (Å²) in [6.45, 7) is 2.13. The predicted molar refractivity (Wildman–Crippen MR) is 63.8 cm³/mol. The number of pyridine rings is 1. The van der Waals surface area contributed by atoms with Gasteiger partial charge in [0.2, 0.25) is 0 Å². The summed E-state index contributed by atoms with van der Waals surface area (Å²) in [6, 6.07) is 12.3. The third-order valence-corrected chi connectivity index (χ3v) is 2.61. The first-order valence-electron chi connectivity index (χ1n) is 5.28. The monoisotopic (exact) mass is 208 g/mol. The molecule has 0 bridgehead atoms. The van der Waals surface area contributed by atoms with Gasteiger partial charge in [-0.15, -0.1) is 0 Å². The van der Waals surface area contributed by atoms with Crippen molar-refractivity contribution < 1.29 is 0 Å². The lowest BCUT2D eigenvalue weighted by Gasteiger charge is -2.04. The molecular formula is C14H12N2. The first kappa shape index (κ1) is 10.4. The topological polar surface area (TPSA) is 36.7 Å². The smallest absolute Gasteiger partial charge is 0.101 e. The Hall–Kier alpha value is -2.14. The van der Waals surface area contributed by atoms with Crippen molar-refractivity contribution in [3.8, 4) is 17.2 Å². The predicted octanol–water partition coefficient (Wildman–Crippen LogP) is 3.18. The highest BCUT2D eigenvalue weighted by Gasteiger charge is 2.03. The molecule has 0 unspecified atom stereocenters. The zero-order valence-corrected chi connectivity index (χ0v) is 9.14. The largest absolute Gasteiger partial charge is 0.263 e. The van der Waals surface area contributed by atoms with Crippen LogP contribution < -0.4 is 0 Å². The van der Waals surface area contributed by atoms with Crippen LogP contribution in [0.1, 0.15) is 18.1 Å². The fourth-order valence-corrected chi connectivity index (χ4v) is 1.66. The van der Waals surface area contributed by atoms with E-state index in [1.54, 1.807) is 12.4 Å². The van der Waals surface area contributed by atoms with Gasteiger partial charge in [0.1, 0.15) is 6.07 Å². The van der Waals surface area contributed by atoms with Crippen LogP contribution >= 0.6 is 0 Å². The van der Waals surface area contributed by atoms with Gasteiger partial charge in [0.25, 0.3) is 0 Å². The molecule has 0 N–H and O–H groups in total. The molecule has 1 heterocycles. The molecule has 2 aromatic rings. The van der Waals surface area contributed by atoms with E-state index in [2.05, 4.69) is 42.2 Å². The van der Waals surface area contributed by atoms with Crippen molar-refractivity contribution in [2.45, 2.75) is 13.3 Å². The van der Waals surface area contributed by atoms with Crippen molar-refractivity contribution in [2.75, 3.05) is 0 Å². The van der Waals surface area contributed by atoms with Gasteiger partial charge in [-0.3, -0.25) is 4.98 Å². The Bertz CT molecular complexity index is 521. The Balaban J connectivity index is 2.47. The van der Waals surface area contributed by atoms with Gasteiger partial charge in [-0.2, -0.15) is 5.26 Å². The van der Waals surface area contributed by atoms with Gasteiger partial charge >= 0.3 is 0 Å². The van der Waals surface area contributed by atoms with Crippen molar-refractivity contribution >= 4 is 0 Å². The van der Waals surface area contributed by atoms with Crippen LogP contribution in [0, 0.1) is 11.3 Å². The summed E-state index contributed by atoms with van der Waals surface area (Å²) in [6.07, 6.45) is 4.34. The van der Waals surface area contributed by atoms with E-state index in [1.807, 2.05) is 6.07 Å². The number of nitrogens with zero attached hydrogens (tertiary/aromatic N) is 2. The van der Waals surface area contributed by atoms with E-state index < -0.39 is 0 Å². The molecule has 1 aromatic carbocycles. The molecule has 0 radical (unpaired) electrons. The summed E-state index contributed by atoms with van der Waals surface area (Å²) in [7, 11) is 0. The number of hydrogen-bond acceptors (Lipinski definition) is 2. The van der Waals surface area contributed by atoms with Crippen molar-refractivity contribution in [1.29, 1.82) is 5.26 Å². The van der Waals surface area contributed by atoms with Crippen LogP contribution in [0.4, 0.5) is 0 Å². The van der Waals surface area contributed by atoms with E-state index >= 15 is 0 Å². The fraction of sp³-hybridized carbons (Fsp3) is 0.143. The van der Waals surface area contributed by atoms with Crippen molar-refractivity contribution in [3.63, 3.8) is 0 Å². The quantitative estimate of drug-likeness (QED) is 0.760. The number of aromatic nitrogens is 1. The van der Waals surface area contributed by atoms with Gasteiger partial charge in [-0.1, -0.05) is 31.2 Å². The molecule has 2 heteroatoms. The maximum absolute atomic E-state index is 8.99. The van der Waals surface area contributed by atoms with Crippen LogP contribution in [0.3, 0.4) is 0 Å². The third kappa shape index (κ3) is 1.94. The zero-order chi connectivity index (χ0) is 11.4. The maximum Gasteiger partial charge on any atom is 0.101 e. The van der Waals surface area contributed by atoms with E-state index in [0.29, 0.717) is 5.56 Å². The van der Waals surface area contributed by atoms with Gasteiger partial charge in [-0.05, 0) is 23.6 Å².